The number of rotatable bonds is 7. The molecule has 3 heteroatoms. The Morgan fingerprint density at radius 2 is 1.81 bits per heavy atom. The number of ether oxygens (including phenoxy) is 1. The van der Waals surface area contributed by atoms with Crippen LogP contribution in [0.4, 0.5) is 0 Å². The van der Waals surface area contributed by atoms with Crippen LogP contribution < -0.4 is 0 Å². The Morgan fingerprint density at radius 1 is 1.12 bits per heavy atom. The Morgan fingerprint density at radius 3 is 2.54 bits per heavy atom. The summed E-state index contributed by atoms with van der Waals surface area (Å²) in [7, 11) is 0. The molecule has 0 aliphatic carbocycles. The molecular formula is C23H29NO2. The highest BCUT2D eigenvalue weighted by Crippen LogP contribution is 2.21. The van der Waals surface area contributed by atoms with Crippen molar-refractivity contribution < 1.29 is 9.53 Å². The second-order valence-corrected chi connectivity index (χ2v) is 7.43. The Balaban J connectivity index is 1.41. The summed E-state index contributed by atoms with van der Waals surface area (Å²) in [5, 5.41) is 0. The number of piperidine rings is 1. The first kappa shape index (κ1) is 18.7. The normalized spacial score (nSPS) is 19.0. The third kappa shape index (κ3) is 5.70. The summed E-state index contributed by atoms with van der Waals surface area (Å²) in [4.78, 5) is 14.7. The summed E-state index contributed by atoms with van der Waals surface area (Å²) in [6, 6.07) is 20.8. The van der Waals surface area contributed by atoms with Gasteiger partial charge >= 0.3 is 5.97 Å². The SMILES string of the molecule is CC(CC(=O)OCC1CCCN(Cc2ccccc2)C1)c1ccccc1. The van der Waals surface area contributed by atoms with Crippen LogP contribution in [-0.4, -0.2) is 30.6 Å². The van der Waals surface area contributed by atoms with Crippen LogP contribution in [0.3, 0.4) is 0 Å². The molecule has 138 valence electrons. The zero-order chi connectivity index (χ0) is 18.2. The molecule has 0 spiro atoms. The molecule has 2 aromatic rings. The lowest BCUT2D eigenvalue weighted by Crippen LogP contribution is -2.37. The third-order valence-corrected chi connectivity index (χ3v) is 5.17. The molecule has 1 saturated heterocycles. The molecule has 1 aliphatic heterocycles. The first-order chi connectivity index (χ1) is 12.7. The average molecular weight is 351 g/mol. The molecule has 1 aliphatic rings. The summed E-state index contributed by atoms with van der Waals surface area (Å²) in [5.74, 6) is 0.564. The van der Waals surface area contributed by atoms with Gasteiger partial charge in [-0.1, -0.05) is 67.6 Å². The molecule has 0 amide bonds. The Hall–Kier alpha value is -2.13. The van der Waals surface area contributed by atoms with Crippen molar-refractivity contribution in [1.29, 1.82) is 0 Å². The van der Waals surface area contributed by atoms with E-state index in [0.29, 0.717) is 18.9 Å². The van der Waals surface area contributed by atoms with E-state index in [9.17, 15) is 4.79 Å². The zero-order valence-corrected chi connectivity index (χ0v) is 15.6. The van der Waals surface area contributed by atoms with Crippen molar-refractivity contribution in [2.45, 2.75) is 38.6 Å². The average Bonchev–Trinajstić information content (AvgIpc) is 2.68. The van der Waals surface area contributed by atoms with Crippen LogP contribution in [0, 0.1) is 5.92 Å². The van der Waals surface area contributed by atoms with E-state index in [-0.39, 0.29) is 11.9 Å². The molecule has 0 N–H and O–H groups in total. The Kier molecular flexibility index (Phi) is 6.84. The number of carbonyl (C=O) groups is 1. The summed E-state index contributed by atoms with van der Waals surface area (Å²) in [6.45, 7) is 5.75. The van der Waals surface area contributed by atoms with Crippen molar-refractivity contribution in [2.75, 3.05) is 19.7 Å². The van der Waals surface area contributed by atoms with Crippen LogP contribution >= 0.6 is 0 Å². The predicted molar refractivity (Wildman–Crippen MR) is 105 cm³/mol. The molecule has 1 fully saturated rings. The fourth-order valence-electron chi connectivity index (χ4n) is 3.69. The van der Waals surface area contributed by atoms with E-state index < -0.39 is 0 Å². The van der Waals surface area contributed by atoms with Gasteiger partial charge in [-0.3, -0.25) is 9.69 Å². The topological polar surface area (TPSA) is 29.5 Å². The highest BCUT2D eigenvalue weighted by atomic mass is 16.5. The highest BCUT2D eigenvalue weighted by Gasteiger charge is 2.22. The van der Waals surface area contributed by atoms with Gasteiger partial charge in [0, 0.05) is 19.0 Å². The van der Waals surface area contributed by atoms with E-state index in [0.717, 1.165) is 26.1 Å². The predicted octanol–water partition coefficient (Wildman–Crippen LogP) is 4.64. The minimum Gasteiger partial charge on any atom is -0.465 e. The lowest BCUT2D eigenvalue weighted by molar-refractivity contribution is -0.146. The minimum absolute atomic E-state index is 0.0819. The van der Waals surface area contributed by atoms with Gasteiger partial charge in [-0.25, -0.2) is 0 Å². The molecule has 0 bridgehead atoms. The van der Waals surface area contributed by atoms with Crippen molar-refractivity contribution in [2.24, 2.45) is 5.92 Å². The number of carbonyl (C=O) groups excluding carboxylic acids is 1. The van der Waals surface area contributed by atoms with Crippen LogP contribution in [-0.2, 0) is 16.1 Å². The summed E-state index contributed by atoms with van der Waals surface area (Å²) < 4.78 is 5.61. The van der Waals surface area contributed by atoms with Crippen LogP contribution in [0.15, 0.2) is 60.7 Å². The molecular weight excluding hydrogens is 322 g/mol. The van der Waals surface area contributed by atoms with E-state index >= 15 is 0 Å². The van der Waals surface area contributed by atoms with Gasteiger partial charge in [-0.05, 0) is 36.4 Å². The van der Waals surface area contributed by atoms with Gasteiger partial charge in [0.25, 0.3) is 0 Å². The molecule has 2 atom stereocenters. The van der Waals surface area contributed by atoms with Gasteiger partial charge in [-0.15, -0.1) is 0 Å². The summed E-state index contributed by atoms with van der Waals surface area (Å²) >= 11 is 0. The van der Waals surface area contributed by atoms with Gasteiger partial charge in [-0.2, -0.15) is 0 Å². The summed E-state index contributed by atoms with van der Waals surface area (Å²) in [6.07, 6.45) is 2.77. The van der Waals surface area contributed by atoms with E-state index in [1.807, 2.05) is 18.2 Å². The number of hydrogen-bond acceptors (Lipinski definition) is 3. The fourth-order valence-corrected chi connectivity index (χ4v) is 3.69. The molecule has 1 heterocycles. The van der Waals surface area contributed by atoms with Crippen LogP contribution in [0.2, 0.25) is 0 Å². The summed E-state index contributed by atoms with van der Waals surface area (Å²) in [5.41, 5.74) is 2.54. The molecule has 2 unspecified atom stereocenters. The second-order valence-electron chi connectivity index (χ2n) is 7.43. The van der Waals surface area contributed by atoms with Crippen LogP contribution in [0.5, 0.6) is 0 Å². The smallest absolute Gasteiger partial charge is 0.306 e. The number of likely N-dealkylation sites (tertiary alicyclic amines) is 1. The molecule has 26 heavy (non-hydrogen) atoms. The number of nitrogens with zero attached hydrogens (tertiary/aromatic N) is 1. The molecule has 0 saturated carbocycles. The molecule has 2 aromatic carbocycles. The van der Waals surface area contributed by atoms with Crippen molar-refractivity contribution in [3.8, 4) is 0 Å². The Bertz CT molecular complexity index is 671. The van der Waals surface area contributed by atoms with E-state index in [4.69, 9.17) is 4.74 Å². The third-order valence-electron chi connectivity index (χ3n) is 5.17. The van der Waals surface area contributed by atoms with Crippen molar-refractivity contribution in [1.82, 2.24) is 4.90 Å². The number of benzene rings is 2. The van der Waals surface area contributed by atoms with Gasteiger partial charge < -0.3 is 4.74 Å². The molecule has 0 radical (unpaired) electrons. The molecule has 3 nitrogen and oxygen atoms in total. The van der Waals surface area contributed by atoms with Gasteiger partial charge in [0.1, 0.15) is 0 Å². The van der Waals surface area contributed by atoms with Crippen molar-refractivity contribution >= 4 is 5.97 Å². The quantitative estimate of drug-likeness (QED) is 0.681. The van der Waals surface area contributed by atoms with Crippen LogP contribution in [0.1, 0.15) is 43.2 Å². The first-order valence-corrected chi connectivity index (χ1v) is 9.67. The zero-order valence-electron chi connectivity index (χ0n) is 15.6. The van der Waals surface area contributed by atoms with Gasteiger partial charge in [0.15, 0.2) is 0 Å². The Labute approximate surface area is 157 Å². The maximum Gasteiger partial charge on any atom is 0.306 e. The maximum absolute atomic E-state index is 12.2. The first-order valence-electron chi connectivity index (χ1n) is 9.67. The number of esters is 1. The highest BCUT2D eigenvalue weighted by molar-refractivity contribution is 5.70. The van der Waals surface area contributed by atoms with Gasteiger partial charge in [0.2, 0.25) is 0 Å². The maximum atomic E-state index is 12.2. The van der Waals surface area contributed by atoms with E-state index in [1.165, 1.54) is 17.5 Å². The van der Waals surface area contributed by atoms with Crippen molar-refractivity contribution in [3.63, 3.8) is 0 Å². The molecule has 3 rings (SSSR count). The lowest BCUT2D eigenvalue weighted by Gasteiger charge is -2.32. The largest absolute Gasteiger partial charge is 0.465 e. The fraction of sp³-hybridized carbons (Fsp3) is 0.435. The lowest BCUT2D eigenvalue weighted by atomic mass is 9.97. The van der Waals surface area contributed by atoms with E-state index in [1.54, 1.807) is 0 Å². The standard InChI is InChI=1S/C23H29NO2/c1-19(22-12-6-3-7-13-22)15-23(25)26-18-21-11-8-14-24(17-21)16-20-9-4-2-5-10-20/h2-7,9-10,12-13,19,21H,8,11,14-18H2,1H3. The van der Waals surface area contributed by atoms with E-state index in [2.05, 4.69) is 54.3 Å². The minimum atomic E-state index is -0.0819. The van der Waals surface area contributed by atoms with Gasteiger partial charge in [0.05, 0.1) is 13.0 Å². The second kappa shape index (κ2) is 9.54. The number of hydrogen-bond donors (Lipinski definition) is 0. The van der Waals surface area contributed by atoms with Crippen LogP contribution in [0.25, 0.3) is 0 Å². The monoisotopic (exact) mass is 351 g/mol. The van der Waals surface area contributed by atoms with Crippen molar-refractivity contribution in [3.05, 3.63) is 71.8 Å². The molecule has 0 aromatic heterocycles.